The number of rotatable bonds is 3. The molecule has 2 atom stereocenters. The lowest BCUT2D eigenvalue weighted by Gasteiger charge is -2.17. The van der Waals surface area contributed by atoms with Gasteiger partial charge in [0.15, 0.2) is 0 Å². The molecular formula is C12H12FNOS. The average molecular weight is 237 g/mol. The molecule has 1 heterocycles. The molecule has 2 nitrogen and oxygen atoms in total. The Bertz CT molecular complexity index is 411. The molecule has 0 spiro atoms. The molecule has 1 aromatic carbocycles. The van der Waals surface area contributed by atoms with Crippen molar-refractivity contribution in [3.8, 4) is 0 Å². The Balaban J connectivity index is 2.27. The maximum atomic E-state index is 13.1. The molecule has 1 saturated heterocycles. The Kier molecular flexibility index (Phi) is 3.75. The second-order valence-corrected chi connectivity index (χ2v) is 4.99. The zero-order valence-electron chi connectivity index (χ0n) is 8.73. The van der Waals surface area contributed by atoms with Crippen LogP contribution in [-0.4, -0.2) is 17.6 Å². The molecule has 16 heavy (non-hydrogen) atoms. The summed E-state index contributed by atoms with van der Waals surface area (Å²) in [5.41, 5.74) is 0.774. The van der Waals surface area contributed by atoms with Crippen LogP contribution in [-0.2, 0) is 4.79 Å². The van der Waals surface area contributed by atoms with Crippen molar-refractivity contribution in [2.45, 2.75) is 12.5 Å². The molecule has 84 valence electrons. The summed E-state index contributed by atoms with van der Waals surface area (Å²) in [6, 6.07) is 6.09. The third kappa shape index (κ3) is 2.52. The lowest BCUT2D eigenvalue weighted by molar-refractivity contribution is 0.474. The first-order chi connectivity index (χ1) is 7.81. The normalized spacial score (nSPS) is 21.4. The van der Waals surface area contributed by atoms with Crippen molar-refractivity contribution >= 4 is 17.8 Å². The van der Waals surface area contributed by atoms with Gasteiger partial charge in [-0.2, -0.15) is 16.8 Å². The molecule has 2 unspecified atom stereocenters. The predicted molar refractivity (Wildman–Crippen MR) is 62.7 cm³/mol. The monoisotopic (exact) mass is 237 g/mol. The number of benzene rings is 1. The minimum atomic E-state index is -0.283. The summed E-state index contributed by atoms with van der Waals surface area (Å²) in [7, 11) is 0. The lowest BCUT2D eigenvalue weighted by atomic mass is 9.93. The summed E-state index contributed by atoms with van der Waals surface area (Å²) in [6.07, 6.45) is 2.63. The molecule has 0 N–H and O–H groups in total. The minimum Gasteiger partial charge on any atom is -0.211 e. The van der Waals surface area contributed by atoms with Gasteiger partial charge in [-0.05, 0) is 41.5 Å². The molecule has 1 aliphatic heterocycles. The van der Waals surface area contributed by atoms with Crippen LogP contribution in [0.25, 0.3) is 0 Å². The van der Waals surface area contributed by atoms with E-state index in [1.165, 1.54) is 12.1 Å². The van der Waals surface area contributed by atoms with Crippen molar-refractivity contribution in [1.29, 1.82) is 0 Å². The molecular weight excluding hydrogens is 225 g/mol. The second-order valence-electron chi connectivity index (χ2n) is 3.84. The smallest absolute Gasteiger partial charge is 0.211 e. The number of halogens is 1. The van der Waals surface area contributed by atoms with Crippen molar-refractivity contribution in [2.75, 3.05) is 11.5 Å². The van der Waals surface area contributed by atoms with Crippen LogP contribution in [0.1, 0.15) is 18.0 Å². The second kappa shape index (κ2) is 5.28. The number of aliphatic imine (C=N–C) groups is 1. The molecule has 0 aliphatic carbocycles. The maximum absolute atomic E-state index is 13.1. The molecule has 0 amide bonds. The van der Waals surface area contributed by atoms with Crippen molar-refractivity contribution in [1.82, 2.24) is 0 Å². The third-order valence-corrected chi connectivity index (χ3v) is 3.98. The lowest BCUT2D eigenvalue weighted by Crippen LogP contribution is -2.10. The zero-order chi connectivity index (χ0) is 11.4. The van der Waals surface area contributed by atoms with Gasteiger partial charge in [0, 0.05) is 0 Å². The Morgan fingerprint density at radius 3 is 3.06 bits per heavy atom. The van der Waals surface area contributed by atoms with Gasteiger partial charge in [0.25, 0.3) is 0 Å². The number of hydrogen-bond acceptors (Lipinski definition) is 3. The average Bonchev–Trinajstić information content (AvgIpc) is 2.79. The molecule has 1 fully saturated rings. The highest BCUT2D eigenvalue weighted by Gasteiger charge is 2.26. The minimum absolute atomic E-state index is 0.233. The highest BCUT2D eigenvalue weighted by Crippen LogP contribution is 2.36. The standard InChI is InChI=1S/C12H12FNOS/c13-11-3-1-2-9(6-11)12(14-8-15)10-4-5-16-7-10/h1-3,6,10,12H,4-5,7H2. The van der Waals surface area contributed by atoms with Crippen LogP contribution in [0.3, 0.4) is 0 Å². The molecule has 2 rings (SSSR count). The summed E-state index contributed by atoms with van der Waals surface area (Å²) in [6.45, 7) is 0. The largest absolute Gasteiger partial charge is 0.235 e. The first kappa shape index (κ1) is 11.4. The summed E-state index contributed by atoms with van der Waals surface area (Å²) in [5, 5.41) is 0. The number of isocyanates is 1. The third-order valence-electron chi connectivity index (χ3n) is 2.79. The van der Waals surface area contributed by atoms with Gasteiger partial charge in [0.1, 0.15) is 5.82 Å². The van der Waals surface area contributed by atoms with Crippen LogP contribution >= 0.6 is 11.8 Å². The Morgan fingerprint density at radius 1 is 1.56 bits per heavy atom. The topological polar surface area (TPSA) is 29.4 Å². The van der Waals surface area contributed by atoms with Crippen LogP contribution in [0.15, 0.2) is 29.3 Å². The Labute approximate surface area is 98.0 Å². The van der Waals surface area contributed by atoms with Crippen LogP contribution in [0.5, 0.6) is 0 Å². The van der Waals surface area contributed by atoms with Gasteiger partial charge in [-0.3, -0.25) is 0 Å². The van der Waals surface area contributed by atoms with Crippen molar-refractivity contribution in [3.05, 3.63) is 35.6 Å². The van der Waals surface area contributed by atoms with Gasteiger partial charge in [-0.15, -0.1) is 0 Å². The fourth-order valence-corrected chi connectivity index (χ4v) is 3.29. The fourth-order valence-electron chi connectivity index (χ4n) is 2.00. The van der Waals surface area contributed by atoms with Crippen molar-refractivity contribution < 1.29 is 9.18 Å². The van der Waals surface area contributed by atoms with E-state index in [9.17, 15) is 9.18 Å². The quantitative estimate of drug-likeness (QED) is 0.597. The molecule has 4 heteroatoms. The first-order valence-electron chi connectivity index (χ1n) is 5.21. The van der Waals surface area contributed by atoms with E-state index in [0.29, 0.717) is 5.92 Å². The summed E-state index contributed by atoms with van der Waals surface area (Å²) >= 11 is 1.85. The molecule has 0 radical (unpaired) electrons. The predicted octanol–water partition coefficient (Wildman–Crippen LogP) is 2.96. The van der Waals surface area contributed by atoms with Gasteiger partial charge in [0.2, 0.25) is 6.08 Å². The Hall–Kier alpha value is -1.12. The number of carbonyl (C=O) groups excluding carboxylic acids is 1. The van der Waals surface area contributed by atoms with Gasteiger partial charge in [0.05, 0.1) is 6.04 Å². The van der Waals surface area contributed by atoms with Crippen molar-refractivity contribution in [2.24, 2.45) is 10.9 Å². The highest BCUT2D eigenvalue weighted by molar-refractivity contribution is 7.99. The van der Waals surface area contributed by atoms with Gasteiger partial charge >= 0.3 is 0 Å². The SMILES string of the molecule is O=C=NC(c1cccc(F)c1)C1CCSC1. The number of nitrogens with zero attached hydrogens (tertiary/aromatic N) is 1. The molecule has 0 bridgehead atoms. The summed E-state index contributed by atoms with van der Waals surface area (Å²) in [4.78, 5) is 14.3. The van der Waals surface area contributed by atoms with E-state index in [4.69, 9.17) is 0 Å². The van der Waals surface area contributed by atoms with Crippen LogP contribution < -0.4 is 0 Å². The van der Waals surface area contributed by atoms with E-state index in [1.54, 1.807) is 12.1 Å². The van der Waals surface area contributed by atoms with Crippen LogP contribution in [0, 0.1) is 11.7 Å². The molecule has 1 aromatic rings. The number of thioether (sulfide) groups is 1. The zero-order valence-corrected chi connectivity index (χ0v) is 9.54. The molecule has 1 aliphatic rings. The van der Waals surface area contributed by atoms with Crippen LogP contribution in [0.2, 0.25) is 0 Å². The van der Waals surface area contributed by atoms with E-state index >= 15 is 0 Å². The van der Waals surface area contributed by atoms with E-state index in [0.717, 1.165) is 23.5 Å². The molecule has 0 aromatic heterocycles. The Morgan fingerprint density at radius 2 is 2.44 bits per heavy atom. The summed E-state index contributed by atoms with van der Waals surface area (Å²) < 4.78 is 13.1. The van der Waals surface area contributed by atoms with Gasteiger partial charge in [-0.25, -0.2) is 9.18 Å². The van der Waals surface area contributed by atoms with Crippen molar-refractivity contribution in [3.63, 3.8) is 0 Å². The van der Waals surface area contributed by atoms with Gasteiger partial charge in [-0.1, -0.05) is 12.1 Å². The van der Waals surface area contributed by atoms with Crippen LogP contribution in [0.4, 0.5) is 4.39 Å². The maximum Gasteiger partial charge on any atom is 0.235 e. The highest BCUT2D eigenvalue weighted by atomic mass is 32.2. The van der Waals surface area contributed by atoms with E-state index in [1.807, 2.05) is 17.8 Å². The van der Waals surface area contributed by atoms with Gasteiger partial charge < -0.3 is 0 Å². The van der Waals surface area contributed by atoms with E-state index in [-0.39, 0.29) is 11.9 Å². The first-order valence-corrected chi connectivity index (χ1v) is 6.37. The van der Waals surface area contributed by atoms with E-state index < -0.39 is 0 Å². The van der Waals surface area contributed by atoms with E-state index in [2.05, 4.69) is 4.99 Å². The fraction of sp³-hybridized carbons (Fsp3) is 0.417. The summed E-state index contributed by atoms with van der Waals surface area (Å²) in [5.74, 6) is 2.11. The number of hydrogen-bond donors (Lipinski definition) is 0. The molecule has 0 saturated carbocycles.